The summed E-state index contributed by atoms with van der Waals surface area (Å²) in [6, 6.07) is 3.72. The molecular formula is C15H19F3N2O3S. The van der Waals surface area contributed by atoms with Crippen LogP contribution in [-0.2, 0) is 21.0 Å². The van der Waals surface area contributed by atoms with Crippen molar-refractivity contribution in [1.82, 2.24) is 9.21 Å². The fourth-order valence-electron chi connectivity index (χ4n) is 2.69. The van der Waals surface area contributed by atoms with Crippen molar-refractivity contribution in [2.75, 3.05) is 27.2 Å². The van der Waals surface area contributed by atoms with Crippen LogP contribution in [0, 0.1) is 5.92 Å². The predicted octanol–water partition coefficient (Wildman–Crippen LogP) is 2.19. The molecule has 1 amide bonds. The molecule has 0 aromatic heterocycles. The van der Waals surface area contributed by atoms with Gasteiger partial charge >= 0.3 is 6.18 Å². The molecule has 9 heteroatoms. The maximum atomic E-state index is 12.8. The van der Waals surface area contributed by atoms with Gasteiger partial charge in [0.25, 0.3) is 0 Å². The van der Waals surface area contributed by atoms with Crippen LogP contribution in [0.2, 0.25) is 0 Å². The number of carbonyl (C=O) groups is 1. The summed E-state index contributed by atoms with van der Waals surface area (Å²) in [6.45, 7) is 0.228. The molecular weight excluding hydrogens is 345 g/mol. The molecule has 1 heterocycles. The Bertz CT molecular complexity index is 709. The Hall–Kier alpha value is -1.61. The first kappa shape index (κ1) is 18.7. The minimum atomic E-state index is -4.60. The van der Waals surface area contributed by atoms with Crippen molar-refractivity contribution in [3.63, 3.8) is 0 Å². The molecule has 0 saturated carbocycles. The van der Waals surface area contributed by atoms with Gasteiger partial charge in [-0.05, 0) is 31.0 Å². The average molecular weight is 364 g/mol. The van der Waals surface area contributed by atoms with Crippen LogP contribution < -0.4 is 0 Å². The summed E-state index contributed by atoms with van der Waals surface area (Å²) in [5.41, 5.74) is -0.999. The molecule has 1 aromatic carbocycles. The number of nitrogens with zero attached hydrogens (tertiary/aromatic N) is 2. The Balaban J connectivity index is 2.17. The Labute approximate surface area is 139 Å². The number of rotatable bonds is 3. The number of amides is 1. The third-order valence-corrected chi connectivity index (χ3v) is 5.94. The number of alkyl halides is 3. The zero-order valence-corrected chi connectivity index (χ0v) is 14.2. The highest BCUT2D eigenvalue weighted by Crippen LogP contribution is 2.32. The van der Waals surface area contributed by atoms with Crippen LogP contribution in [0.3, 0.4) is 0 Å². The summed E-state index contributed by atoms with van der Waals surface area (Å²) >= 11 is 0. The van der Waals surface area contributed by atoms with Crippen molar-refractivity contribution in [1.29, 1.82) is 0 Å². The van der Waals surface area contributed by atoms with E-state index < -0.39 is 21.8 Å². The number of hydrogen-bond acceptors (Lipinski definition) is 3. The Morgan fingerprint density at radius 1 is 1.21 bits per heavy atom. The lowest BCUT2D eigenvalue weighted by Gasteiger charge is -2.31. The van der Waals surface area contributed by atoms with Crippen LogP contribution in [0.1, 0.15) is 18.4 Å². The van der Waals surface area contributed by atoms with Gasteiger partial charge in [0, 0.05) is 33.1 Å². The first-order valence-electron chi connectivity index (χ1n) is 7.42. The molecule has 1 aromatic rings. The van der Waals surface area contributed by atoms with E-state index in [0.29, 0.717) is 18.9 Å². The Morgan fingerprint density at radius 2 is 1.79 bits per heavy atom. The van der Waals surface area contributed by atoms with Crippen molar-refractivity contribution >= 4 is 15.9 Å². The normalized spacial score (nSPS) is 17.7. The number of piperidine rings is 1. The molecule has 0 aliphatic carbocycles. The molecule has 1 aliphatic rings. The summed E-state index contributed by atoms with van der Waals surface area (Å²) in [7, 11) is -0.740. The van der Waals surface area contributed by atoms with Crippen molar-refractivity contribution in [2.24, 2.45) is 5.92 Å². The molecule has 0 spiro atoms. The van der Waals surface area contributed by atoms with Gasteiger partial charge in [-0.2, -0.15) is 17.5 Å². The average Bonchev–Trinajstić information content (AvgIpc) is 2.53. The van der Waals surface area contributed by atoms with Gasteiger partial charge in [-0.1, -0.05) is 6.07 Å². The number of carbonyl (C=O) groups excluding carboxylic acids is 1. The zero-order valence-electron chi connectivity index (χ0n) is 13.4. The Morgan fingerprint density at radius 3 is 2.29 bits per heavy atom. The van der Waals surface area contributed by atoms with Gasteiger partial charge in [0.2, 0.25) is 15.9 Å². The maximum absolute atomic E-state index is 12.8. The second-order valence-corrected chi connectivity index (χ2v) is 7.87. The second kappa shape index (κ2) is 6.72. The topological polar surface area (TPSA) is 57.7 Å². The number of sulfonamides is 1. The van der Waals surface area contributed by atoms with Crippen molar-refractivity contribution < 1.29 is 26.4 Å². The first-order chi connectivity index (χ1) is 11.0. The maximum Gasteiger partial charge on any atom is 0.416 e. The molecule has 24 heavy (non-hydrogen) atoms. The lowest BCUT2D eigenvalue weighted by Crippen LogP contribution is -2.42. The molecule has 0 N–H and O–H groups in total. The monoisotopic (exact) mass is 364 g/mol. The smallest absolute Gasteiger partial charge is 0.349 e. The molecule has 0 radical (unpaired) electrons. The lowest BCUT2D eigenvalue weighted by molar-refractivity contribution is -0.137. The van der Waals surface area contributed by atoms with Crippen LogP contribution in [0.5, 0.6) is 0 Å². The Kier molecular flexibility index (Phi) is 5.24. The van der Waals surface area contributed by atoms with E-state index in [1.165, 1.54) is 4.90 Å². The minimum Gasteiger partial charge on any atom is -0.349 e. The van der Waals surface area contributed by atoms with Gasteiger partial charge < -0.3 is 4.90 Å². The lowest BCUT2D eigenvalue weighted by atomic mass is 9.97. The third kappa shape index (κ3) is 3.89. The van der Waals surface area contributed by atoms with E-state index >= 15 is 0 Å². The fraction of sp³-hybridized carbons (Fsp3) is 0.533. The van der Waals surface area contributed by atoms with E-state index in [0.717, 1.165) is 22.5 Å². The fourth-order valence-corrected chi connectivity index (χ4v) is 4.21. The highest BCUT2D eigenvalue weighted by molar-refractivity contribution is 7.89. The molecule has 1 saturated heterocycles. The predicted molar refractivity (Wildman–Crippen MR) is 81.6 cm³/mol. The highest BCUT2D eigenvalue weighted by Gasteiger charge is 2.35. The van der Waals surface area contributed by atoms with E-state index in [4.69, 9.17) is 0 Å². The van der Waals surface area contributed by atoms with Gasteiger partial charge in [-0.25, -0.2) is 8.42 Å². The standard InChI is InChI=1S/C15H19F3N2O3S/c1-19(2)14(21)11-6-8-20(9-7-11)24(22,23)13-5-3-4-12(10-13)15(16,17)18/h3-5,10-11H,6-9H2,1-2H3. The van der Waals surface area contributed by atoms with Crippen LogP contribution >= 0.6 is 0 Å². The number of hydrogen-bond donors (Lipinski definition) is 0. The molecule has 0 unspecified atom stereocenters. The summed E-state index contributed by atoms with van der Waals surface area (Å²) in [5.74, 6) is -0.320. The van der Waals surface area contributed by atoms with Crippen LogP contribution in [-0.4, -0.2) is 50.7 Å². The summed E-state index contributed by atoms with van der Waals surface area (Å²) in [5, 5.41) is 0. The summed E-state index contributed by atoms with van der Waals surface area (Å²) in [4.78, 5) is 13.0. The largest absolute Gasteiger partial charge is 0.416 e. The molecule has 1 aliphatic heterocycles. The van der Waals surface area contributed by atoms with Crippen molar-refractivity contribution in [2.45, 2.75) is 23.9 Å². The van der Waals surface area contributed by atoms with Crippen molar-refractivity contribution in [3.8, 4) is 0 Å². The van der Waals surface area contributed by atoms with E-state index in [9.17, 15) is 26.4 Å². The van der Waals surface area contributed by atoms with Gasteiger partial charge in [-0.15, -0.1) is 0 Å². The number of halogens is 3. The zero-order chi connectivity index (χ0) is 18.1. The summed E-state index contributed by atoms with van der Waals surface area (Å²) < 4.78 is 64.5. The van der Waals surface area contributed by atoms with E-state index in [-0.39, 0.29) is 29.8 Å². The molecule has 0 atom stereocenters. The summed E-state index contributed by atoms with van der Waals surface area (Å²) in [6.07, 6.45) is -3.89. The van der Waals surface area contributed by atoms with Crippen LogP contribution in [0.25, 0.3) is 0 Å². The quantitative estimate of drug-likeness (QED) is 0.826. The minimum absolute atomic E-state index is 0.0638. The third-order valence-electron chi connectivity index (χ3n) is 4.04. The van der Waals surface area contributed by atoms with E-state index in [2.05, 4.69) is 0 Å². The molecule has 134 valence electrons. The first-order valence-corrected chi connectivity index (χ1v) is 8.86. The van der Waals surface area contributed by atoms with E-state index in [1.54, 1.807) is 14.1 Å². The molecule has 0 bridgehead atoms. The number of benzene rings is 1. The SMILES string of the molecule is CN(C)C(=O)C1CCN(S(=O)(=O)c2cccc(C(F)(F)F)c2)CC1. The molecule has 2 rings (SSSR count). The van der Waals surface area contributed by atoms with Crippen LogP contribution in [0.4, 0.5) is 13.2 Å². The van der Waals surface area contributed by atoms with Gasteiger partial charge in [0.1, 0.15) is 0 Å². The van der Waals surface area contributed by atoms with E-state index in [1.807, 2.05) is 0 Å². The second-order valence-electron chi connectivity index (χ2n) is 5.94. The van der Waals surface area contributed by atoms with Crippen LogP contribution in [0.15, 0.2) is 29.2 Å². The molecule has 1 fully saturated rings. The van der Waals surface area contributed by atoms with Gasteiger partial charge in [0.05, 0.1) is 10.5 Å². The van der Waals surface area contributed by atoms with Gasteiger partial charge in [-0.3, -0.25) is 4.79 Å². The van der Waals surface area contributed by atoms with Gasteiger partial charge in [0.15, 0.2) is 0 Å². The molecule has 5 nitrogen and oxygen atoms in total. The van der Waals surface area contributed by atoms with Crippen molar-refractivity contribution in [3.05, 3.63) is 29.8 Å². The highest BCUT2D eigenvalue weighted by atomic mass is 32.2.